The molecule has 0 heterocycles. The summed E-state index contributed by atoms with van der Waals surface area (Å²) in [4.78, 5) is 12.5. The summed E-state index contributed by atoms with van der Waals surface area (Å²) in [5.41, 5.74) is 9.61. The van der Waals surface area contributed by atoms with Crippen LogP contribution in [0.2, 0.25) is 0 Å². The van der Waals surface area contributed by atoms with Crippen molar-refractivity contribution >= 4 is 5.91 Å². The van der Waals surface area contributed by atoms with E-state index in [0.29, 0.717) is 6.54 Å². The van der Waals surface area contributed by atoms with Crippen LogP contribution in [0.15, 0.2) is 54.6 Å². The van der Waals surface area contributed by atoms with Crippen molar-refractivity contribution in [3.05, 3.63) is 71.3 Å². The molecule has 24 heavy (non-hydrogen) atoms. The summed E-state index contributed by atoms with van der Waals surface area (Å²) in [5, 5.41) is 3.08. The van der Waals surface area contributed by atoms with Crippen LogP contribution in [0.5, 0.6) is 0 Å². The molecule has 3 nitrogen and oxygen atoms in total. The average Bonchev–Trinajstić information content (AvgIpc) is 2.59. The van der Waals surface area contributed by atoms with E-state index in [2.05, 4.69) is 38.2 Å². The molecular weight excluding hydrogens is 296 g/mol. The van der Waals surface area contributed by atoms with Gasteiger partial charge in [-0.05, 0) is 23.6 Å². The lowest BCUT2D eigenvalue weighted by Gasteiger charge is -2.29. The predicted octanol–water partition coefficient (Wildman–Crippen LogP) is 3.72. The number of nitrogens with two attached hydrogens (primary N) is 1. The molecule has 0 aliphatic heterocycles. The molecule has 2 rings (SSSR count). The Bertz CT molecular complexity index is 679. The molecule has 0 fully saturated rings. The summed E-state index contributed by atoms with van der Waals surface area (Å²) in [6.07, 6.45) is 0. The quantitative estimate of drug-likeness (QED) is 0.851. The van der Waals surface area contributed by atoms with Gasteiger partial charge in [0.25, 0.3) is 0 Å². The van der Waals surface area contributed by atoms with Crippen LogP contribution in [0, 0.1) is 12.8 Å². The topological polar surface area (TPSA) is 55.1 Å². The van der Waals surface area contributed by atoms with Crippen molar-refractivity contribution in [2.24, 2.45) is 11.7 Å². The van der Waals surface area contributed by atoms with E-state index in [9.17, 15) is 4.79 Å². The van der Waals surface area contributed by atoms with Crippen molar-refractivity contribution in [1.29, 1.82) is 0 Å². The highest BCUT2D eigenvalue weighted by Gasteiger charge is 2.26. The number of hydrogen-bond acceptors (Lipinski definition) is 2. The molecule has 128 valence electrons. The monoisotopic (exact) mass is 324 g/mol. The molecule has 0 radical (unpaired) electrons. The maximum Gasteiger partial charge on any atom is 0.224 e. The molecule has 0 aromatic heterocycles. The zero-order valence-corrected chi connectivity index (χ0v) is 15.0. The molecule has 2 aromatic carbocycles. The molecule has 0 saturated heterocycles. The predicted molar refractivity (Wildman–Crippen MR) is 99.7 cm³/mol. The number of hydrogen-bond donors (Lipinski definition) is 2. The lowest BCUT2D eigenvalue weighted by atomic mass is 9.82. The van der Waals surface area contributed by atoms with Crippen molar-refractivity contribution in [3.63, 3.8) is 0 Å². The zero-order chi connectivity index (χ0) is 17.7. The molecule has 3 N–H and O–H groups in total. The number of nitrogens with one attached hydrogen (secondary N) is 1. The molecule has 3 heteroatoms. The normalized spacial score (nSPS) is 14.0. The molecule has 2 atom stereocenters. The number of carbonyl (C=O) groups is 1. The maximum atomic E-state index is 12.5. The van der Waals surface area contributed by atoms with E-state index in [1.54, 1.807) is 0 Å². The number of benzene rings is 2. The van der Waals surface area contributed by atoms with Gasteiger partial charge in [0.1, 0.15) is 0 Å². The van der Waals surface area contributed by atoms with Crippen LogP contribution in [0.25, 0.3) is 0 Å². The standard InChI is InChI=1S/C21H28N2O/c1-15-10-8-9-13-18(15)21(3,4)14-23-20(24)16(2)19(22)17-11-6-5-7-12-17/h5-13,16,19H,14,22H2,1-4H3,(H,23,24). The number of amides is 1. The first-order valence-electron chi connectivity index (χ1n) is 8.47. The average molecular weight is 324 g/mol. The lowest BCUT2D eigenvalue weighted by Crippen LogP contribution is -2.42. The summed E-state index contributed by atoms with van der Waals surface area (Å²) >= 11 is 0. The van der Waals surface area contributed by atoms with Crippen LogP contribution in [0.1, 0.15) is 43.5 Å². The van der Waals surface area contributed by atoms with Crippen LogP contribution in [-0.2, 0) is 10.2 Å². The summed E-state index contributed by atoms with van der Waals surface area (Å²) in [6.45, 7) is 8.87. The Morgan fingerprint density at radius 3 is 2.29 bits per heavy atom. The minimum Gasteiger partial charge on any atom is -0.355 e. The van der Waals surface area contributed by atoms with E-state index in [1.807, 2.05) is 49.4 Å². The van der Waals surface area contributed by atoms with Crippen LogP contribution in [0.3, 0.4) is 0 Å². The second-order valence-corrected chi connectivity index (χ2v) is 7.14. The molecule has 0 aliphatic carbocycles. The molecule has 0 aliphatic rings. The molecule has 0 bridgehead atoms. The number of rotatable bonds is 6. The first-order valence-corrected chi connectivity index (χ1v) is 8.47. The van der Waals surface area contributed by atoms with Crippen molar-refractivity contribution in [2.75, 3.05) is 6.54 Å². The van der Waals surface area contributed by atoms with E-state index < -0.39 is 0 Å². The number of aryl methyl sites for hydroxylation is 1. The minimum atomic E-state index is -0.298. The Morgan fingerprint density at radius 2 is 1.67 bits per heavy atom. The summed E-state index contributed by atoms with van der Waals surface area (Å²) in [7, 11) is 0. The third-order valence-electron chi connectivity index (χ3n) is 4.72. The molecule has 2 unspecified atom stereocenters. The molecular formula is C21H28N2O. The Labute approximate surface area is 145 Å². The smallest absolute Gasteiger partial charge is 0.224 e. The van der Waals surface area contributed by atoms with Gasteiger partial charge in [-0.2, -0.15) is 0 Å². The fourth-order valence-corrected chi connectivity index (χ4v) is 3.02. The Kier molecular flexibility index (Phi) is 5.79. The summed E-state index contributed by atoms with van der Waals surface area (Å²) < 4.78 is 0. The van der Waals surface area contributed by atoms with Crippen molar-refractivity contribution in [2.45, 2.75) is 39.2 Å². The SMILES string of the molecule is Cc1ccccc1C(C)(C)CNC(=O)C(C)C(N)c1ccccc1. The van der Waals surface area contributed by atoms with Gasteiger partial charge in [-0.15, -0.1) is 0 Å². The van der Waals surface area contributed by atoms with Gasteiger partial charge in [0.05, 0.1) is 5.92 Å². The van der Waals surface area contributed by atoms with Crippen molar-refractivity contribution in [3.8, 4) is 0 Å². The van der Waals surface area contributed by atoms with Crippen molar-refractivity contribution in [1.82, 2.24) is 5.32 Å². The van der Waals surface area contributed by atoms with Crippen LogP contribution >= 0.6 is 0 Å². The van der Waals surface area contributed by atoms with Gasteiger partial charge in [0.2, 0.25) is 5.91 Å². The van der Waals surface area contributed by atoms with Crippen LogP contribution < -0.4 is 11.1 Å². The van der Waals surface area contributed by atoms with Gasteiger partial charge in [0, 0.05) is 18.0 Å². The molecule has 0 spiro atoms. The largest absolute Gasteiger partial charge is 0.355 e. The van der Waals surface area contributed by atoms with E-state index in [1.165, 1.54) is 11.1 Å². The zero-order valence-electron chi connectivity index (χ0n) is 15.0. The lowest BCUT2D eigenvalue weighted by molar-refractivity contribution is -0.125. The Morgan fingerprint density at radius 1 is 1.08 bits per heavy atom. The highest BCUT2D eigenvalue weighted by Crippen LogP contribution is 2.26. The summed E-state index contributed by atoms with van der Waals surface area (Å²) in [6, 6.07) is 17.8. The summed E-state index contributed by atoms with van der Waals surface area (Å²) in [5.74, 6) is -0.284. The first kappa shape index (κ1) is 18.2. The fraction of sp³-hybridized carbons (Fsp3) is 0.381. The van der Waals surface area contributed by atoms with Gasteiger partial charge in [-0.1, -0.05) is 75.4 Å². The third-order valence-corrected chi connectivity index (χ3v) is 4.72. The van der Waals surface area contributed by atoms with Crippen LogP contribution in [0.4, 0.5) is 0 Å². The second kappa shape index (κ2) is 7.63. The van der Waals surface area contributed by atoms with Gasteiger partial charge in [-0.3, -0.25) is 4.79 Å². The second-order valence-electron chi connectivity index (χ2n) is 7.14. The van der Waals surface area contributed by atoms with Gasteiger partial charge < -0.3 is 11.1 Å². The highest BCUT2D eigenvalue weighted by molar-refractivity contribution is 5.79. The first-order chi connectivity index (χ1) is 11.3. The third kappa shape index (κ3) is 4.24. The van der Waals surface area contributed by atoms with E-state index >= 15 is 0 Å². The minimum absolute atomic E-state index is 0.00647. The van der Waals surface area contributed by atoms with E-state index in [-0.39, 0.29) is 23.3 Å². The Balaban J connectivity index is 2.01. The molecule has 1 amide bonds. The Hall–Kier alpha value is -2.13. The van der Waals surface area contributed by atoms with Gasteiger partial charge in [0.15, 0.2) is 0 Å². The fourth-order valence-electron chi connectivity index (χ4n) is 3.02. The van der Waals surface area contributed by atoms with Gasteiger partial charge in [-0.25, -0.2) is 0 Å². The van der Waals surface area contributed by atoms with Crippen molar-refractivity contribution < 1.29 is 4.79 Å². The molecule has 2 aromatic rings. The van der Waals surface area contributed by atoms with Crippen LogP contribution in [-0.4, -0.2) is 12.5 Å². The van der Waals surface area contributed by atoms with E-state index in [0.717, 1.165) is 5.56 Å². The van der Waals surface area contributed by atoms with Gasteiger partial charge >= 0.3 is 0 Å². The highest BCUT2D eigenvalue weighted by atomic mass is 16.1. The van der Waals surface area contributed by atoms with E-state index in [4.69, 9.17) is 5.73 Å². The molecule has 0 saturated carbocycles. The number of carbonyl (C=O) groups excluding carboxylic acids is 1. The maximum absolute atomic E-state index is 12.5.